The summed E-state index contributed by atoms with van der Waals surface area (Å²) in [6, 6.07) is 24.8. The van der Waals surface area contributed by atoms with Crippen LogP contribution >= 0.6 is 0 Å². The molecule has 5 rings (SSSR count). The highest BCUT2D eigenvalue weighted by Crippen LogP contribution is 2.28. The van der Waals surface area contributed by atoms with E-state index in [4.69, 9.17) is 4.98 Å². The van der Waals surface area contributed by atoms with Crippen molar-refractivity contribution in [3.8, 4) is 17.1 Å². The maximum Gasteiger partial charge on any atom is 0.261 e. The number of aryl methyl sites for hydroxylation is 1. The first-order valence-electron chi connectivity index (χ1n) is 12.0. The Labute approximate surface area is 212 Å². The molecule has 7 heteroatoms. The summed E-state index contributed by atoms with van der Waals surface area (Å²) in [5.41, 5.74) is 3.09. The molecule has 0 aliphatic rings. The Morgan fingerprint density at radius 3 is 2.22 bits per heavy atom. The summed E-state index contributed by atoms with van der Waals surface area (Å²) in [6.07, 6.45) is 1.05. The molecule has 0 amide bonds. The number of hydrogen-bond acceptors (Lipinski definition) is 4. The average molecular weight is 498 g/mol. The number of nitrogens with one attached hydrogen (secondary N) is 1. The Bertz CT molecular complexity index is 1630. The summed E-state index contributed by atoms with van der Waals surface area (Å²) >= 11 is 0. The molecule has 0 unspecified atom stereocenters. The molecule has 0 radical (unpaired) electrons. The van der Waals surface area contributed by atoms with E-state index in [1.165, 1.54) is 28.8 Å². The fourth-order valence-electron chi connectivity index (χ4n) is 4.38. The second-order valence-corrected chi connectivity index (χ2v) is 8.83. The highest BCUT2D eigenvalue weighted by molar-refractivity contribution is 5.83. The van der Waals surface area contributed by atoms with Gasteiger partial charge in [0.15, 0.2) is 0 Å². The lowest BCUT2D eigenvalue weighted by Gasteiger charge is -2.15. The van der Waals surface area contributed by atoms with Crippen molar-refractivity contribution in [2.24, 2.45) is 0 Å². The Balaban J connectivity index is 1.48. The zero-order chi connectivity index (χ0) is 25.8. The summed E-state index contributed by atoms with van der Waals surface area (Å²) < 4.78 is 28.7. The van der Waals surface area contributed by atoms with Gasteiger partial charge in [0.25, 0.3) is 5.56 Å². The number of phenols is 1. The van der Waals surface area contributed by atoms with E-state index in [2.05, 4.69) is 5.32 Å². The third-order valence-electron chi connectivity index (χ3n) is 6.25. The summed E-state index contributed by atoms with van der Waals surface area (Å²) in [6.45, 7) is 0.842. The molecule has 37 heavy (non-hydrogen) atoms. The average Bonchev–Trinajstić information content (AvgIpc) is 2.88. The maximum absolute atomic E-state index is 13.7. The standard InChI is InChI=1S/C30H25F2N3O2/c31-22-7-3-5-20(17-22)13-15-33-24-11-12-25-27(19-24)34-29(26-9-1-2-10-28(26)36)35(30(25)37)16-14-21-6-4-8-23(32)18-21/h1-12,17-19,33,36H,13-16H2. The molecule has 0 spiro atoms. The van der Waals surface area contributed by atoms with Gasteiger partial charge in [0.05, 0.1) is 16.5 Å². The van der Waals surface area contributed by atoms with E-state index < -0.39 is 0 Å². The fourth-order valence-corrected chi connectivity index (χ4v) is 4.38. The van der Waals surface area contributed by atoms with E-state index in [0.717, 1.165) is 16.8 Å². The molecule has 4 aromatic carbocycles. The molecule has 2 N–H and O–H groups in total. The number of fused-ring (bicyclic) bond motifs is 1. The van der Waals surface area contributed by atoms with Crippen LogP contribution in [-0.4, -0.2) is 21.2 Å². The topological polar surface area (TPSA) is 67.2 Å². The van der Waals surface area contributed by atoms with Crippen molar-refractivity contribution in [3.63, 3.8) is 0 Å². The molecule has 5 nitrogen and oxygen atoms in total. The summed E-state index contributed by atoms with van der Waals surface area (Å²) in [7, 11) is 0. The van der Waals surface area contributed by atoms with Crippen LogP contribution in [0.1, 0.15) is 11.1 Å². The van der Waals surface area contributed by atoms with Crippen LogP contribution in [0.3, 0.4) is 0 Å². The van der Waals surface area contributed by atoms with Crippen molar-refractivity contribution in [2.45, 2.75) is 19.4 Å². The number of aromatic nitrogens is 2. The van der Waals surface area contributed by atoms with E-state index in [-0.39, 0.29) is 29.5 Å². The van der Waals surface area contributed by atoms with Crippen LogP contribution < -0.4 is 10.9 Å². The van der Waals surface area contributed by atoms with Crippen LogP contribution in [0.15, 0.2) is 95.8 Å². The summed E-state index contributed by atoms with van der Waals surface area (Å²) in [5, 5.41) is 14.3. The van der Waals surface area contributed by atoms with Crippen molar-refractivity contribution >= 4 is 16.6 Å². The molecular weight excluding hydrogens is 472 g/mol. The molecule has 0 bridgehead atoms. The van der Waals surface area contributed by atoms with Gasteiger partial charge in [-0.1, -0.05) is 36.4 Å². The molecule has 0 aliphatic heterocycles. The van der Waals surface area contributed by atoms with E-state index in [0.29, 0.717) is 41.7 Å². The van der Waals surface area contributed by atoms with E-state index in [1.54, 1.807) is 48.5 Å². The lowest BCUT2D eigenvalue weighted by atomic mass is 10.1. The van der Waals surface area contributed by atoms with E-state index in [1.807, 2.05) is 18.2 Å². The lowest BCUT2D eigenvalue weighted by Crippen LogP contribution is -2.24. The lowest BCUT2D eigenvalue weighted by molar-refractivity contribution is 0.476. The number of rotatable bonds is 8. The van der Waals surface area contributed by atoms with Gasteiger partial charge in [-0.2, -0.15) is 0 Å². The van der Waals surface area contributed by atoms with Gasteiger partial charge < -0.3 is 10.4 Å². The maximum atomic E-state index is 13.7. The van der Waals surface area contributed by atoms with Crippen LogP contribution in [-0.2, 0) is 19.4 Å². The SMILES string of the molecule is O=c1c2ccc(NCCc3cccc(F)c3)cc2nc(-c2ccccc2O)n1CCc1cccc(F)c1. The minimum atomic E-state index is -0.333. The number of phenolic OH excluding ortho intramolecular Hbond substituents is 1. The van der Waals surface area contributed by atoms with Gasteiger partial charge in [-0.3, -0.25) is 9.36 Å². The third-order valence-corrected chi connectivity index (χ3v) is 6.25. The van der Waals surface area contributed by atoms with Crippen LogP contribution in [0.5, 0.6) is 5.75 Å². The van der Waals surface area contributed by atoms with Crippen LogP contribution in [0, 0.1) is 11.6 Å². The van der Waals surface area contributed by atoms with Crippen molar-refractivity contribution in [3.05, 3.63) is 124 Å². The van der Waals surface area contributed by atoms with Crippen molar-refractivity contribution in [1.82, 2.24) is 9.55 Å². The molecular formula is C30H25F2N3O2. The van der Waals surface area contributed by atoms with Crippen LogP contribution in [0.2, 0.25) is 0 Å². The Morgan fingerprint density at radius 1 is 0.811 bits per heavy atom. The molecule has 0 saturated heterocycles. The predicted octanol–water partition coefficient (Wildman–Crippen LogP) is 5.94. The van der Waals surface area contributed by atoms with Gasteiger partial charge >= 0.3 is 0 Å². The first-order chi connectivity index (χ1) is 18.0. The highest BCUT2D eigenvalue weighted by atomic mass is 19.1. The van der Waals surface area contributed by atoms with Gasteiger partial charge in [0.2, 0.25) is 0 Å². The molecule has 0 saturated carbocycles. The van der Waals surface area contributed by atoms with Crippen molar-refractivity contribution in [2.75, 3.05) is 11.9 Å². The van der Waals surface area contributed by atoms with Gasteiger partial charge in [-0.15, -0.1) is 0 Å². The fraction of sp³-hybridized carbons (Fsp3) is 0.133. The first-order valence-corrected chi connectivity index (χ1v) is 12.0. The number of aromatic hydroxyl groups is 1. The quantitative estimate of drug-likeness (QED) is 0.278. The molecule has 186 valence electrons. The first kappa shape index (κ1) is 24.2. The smallest absolute Gasteiger partial charge is 0.261 e. The molecule has 0 aliphatic carbocycles. The number of halogens is 2. The van der Waals surface area contributed by atoms with Gasteiger partial charge in [0.1, 0.15) is 23.2 Å². The molecule has 1 aromatic heterocycles. The largest absolute Gasteiger partial charge is 0.507 e. The second kappa shape index (κ2) is 10.6. The number of nitrogens with zero attached hydrogens (tertiary/aromatic N) is 2. The van der Waals surface area contributed by atoms with E-state index in [9.17, 15) is 18.7 Å². The van der Waals surface area contributed by atoms with Gasteiger partial charge in [-0.25, -0.2) is 13.8 Å². The van der Waals surface area contributed by atoms with Crippen molar-refractivity contribution in [1.29, 1.82) is 0 Å². The number of hydrogen-bond donors (Lipinski definition) is 2. The predicted molar refractivity (Wildman–Crippen MR) is 142 cm³/mol. The van der Waals surface area contributed by atoms with Gasteiger partial charge in [0, 0.05) is 18.8 Å². The number of para-hydroxylation sites is 1. The van der Waals surface area contributed by atoms with Crippen molar-refractivity contribution < 1.29 is 13.9 Å². The summed E-state index contributed by atoms with van der Waals surface area (Å²) in [5.74, 6) is -0.251. The number of benzene rings is 4. The van der Waals surface area contributed by atoms with Crippen LogP contribution in [0.25, 0.3) is 22.3 Å². The Kier molecular flexibility index (Phi) is 6.94. The van der Waals surface area contributed by atoms with Gasteiger partial charge in [-0.05, 0) is 78.6 Å². The minimum Gasteiger partial charge on any atom is -0.507 e. The monoisotopic (exact) mass is 497 g/mol. The third kappa shape index (κ3) is 5.51. The highest BCUT2D eigenvalue weighted by Gasteiger charge is 2.16. The normalized spacial score (nSPS) is 11.1. The molecule has 0 fully saturated rings. The van der Waals surface area contributed by atoms with E-state index >= 15 is 0 Å². The molecule has 5 aromatic rings. The summed E-state index contributed by atoms with van der Waals surface area (Å²) in [4.78, 5) is 18.4. The zero-order valence-corrected chi connectivity index (χ0v) is 20.0. The van der Waals surface area contributed by atoms with Crippen LogP contribution in [0.4, 0.5) is 14.5 Å². The second-order valence-electron chi connectivity index (χ2n) is 8.83. The molecule has 1 heterocycles. The zero-order valence-electron chi connectivity index (χ0n) is 20.0. The molecule has 0 atom stereocenters. The minimum absolute atomic E-state index is 0.0117. The Morgan fingerprint density at radius 2 is 1.51 bits per heavy atom. The number of anilines is 1. The Hall–Kier alpha value is -4.52.